The Morgan fingerprint density at radius 1 is 1.42 bits per heavy atom. The van der Waals surface area contributed by atoms with E-state index in [0.717, 1.165) is 17.8 Å². The molecule has 2 atom stereocenters. The molecule has 1 aliphatic rings. The summed E-state index contributed by atoms with van der Waals surface area (Å²) < 4.78 is 5.48. The Morgan fingerprint density at radius 3 is 2.84 bits per heavy atom. The number of morpholine rings is 1. The van der Waals surface area contributed by atoms with Crippen LogP contribution in [0.3, 0.4) is 0 Å². The summed E-state index contributed by atoms with van der Waals surface area (Å²) in [6, 6.07) is 5.63. The Hall–Kier alpha value is -1.10. The highest BCUT2D eigenvalue weighted by molar-refractivity contribution is 5.96. The maximum Gasteiger partial charge on any atom is 0.244 e. The smallest absolute Gasteiger partial charge is 0.244 e. The number of anilines is 1. The second kappa shape index (κ2) is 6.89. The molecule has 0 bridgehead atoms. The Balaban J connectivity index is 0.00000180. The van der Waals surface area contributed by atoms with E-state index < -0.39 is 0 Å². The van der Waals surface area contributed by atoms with Gasteiger partial charge in [0.25, 0.3) is 0 Å². The second-order valence-electron chi connectivity index (χ2n) is 4.74. The van der Waals surface area contributed by atoms with Crippen LogP contribution in [0.25, 0.3) is 0 Å². The van der Waals surface area contributed by atoms with Gasteiger partial charge in [0.1, 0.15) is 6.04 Å². The lowest BCUT2D eigenvalue weighted by Gasteiger charge is -2.29. The summed E-state index contributed by atoms with van der Waals surface area (Å²) in [5.74, 6) is -0.0316. The van der Waals surface area contributed by atoms with Gasteiger partial charge in [-0.1, -0.05) is 12.1 Å². The van der Waals surface area contributed by atoms with E-state index in [1.807, 2.05) is 39.0 Å². The van der Waals surface area contributed by atoms with Crippen LogP contribution < -0.4 is 10.6 Å². The van der Waals surface area contributed by atoms with Gasteiger partial charge in [-0.3, -0.25) is 4.79 Å². The number of hydrogen-bond acceptors (Lipinski definition) is 3. The number of halogens is 1. The molecule has 4 nitrogen and oxygen atoms in total. The van der Waals surface area contributed by atoms with Gasteiger partial charge < -0.3 is 15.4 Å². The molecule has 1 aromatic carbocycles. The van der Waals surface area contributed by atoms with Crippen molar-refractivity contribution in [3.63, 3.8) is 0 Å². The van der Waals surface area contributed by atoms with Gasteiger partial charge in [0.15, 0.2) is 0 Å². The van der Waals surface area contributed by atoms with Crippen LogP contribution in [0.1, 0.15) is 18.1 Å². The molecular weight excluding hydrogens is 264 g/mol. The van der Waals surface area contributed by atoms with Gasteiger partial charge in [0.05, 0.1) is 12.7 Å². The minimum absolute atomic E-state index is 0. The van der Waals surface area contributed by atoms with Crippen molar-refractivity contribution in [2.75, 3.05) is 18.5 Å². The molecule has 2 rings (SSSR count). The van der Waals surface area contributed by atoms with E-state index in [-0.39, 0.29) is 30.5 Å². The predicted molar refractivity (Wildman–Crippen MR) is 79.0 cm³/mol. The van der Waals surface area contributed by atoms with Gasteiger partial charge in [0, 0.05) is 12.2 Å². The average molecular weight is 285 g/mol. The quantitative estimate of drug-likeness (QED) is 0.874. The topological polar surface area (TPSA) is 50.4 Å². The van der Waals surface area contributed by atoms with Gasteiger partial charge >= 0.3 is 0 Å². The molecule has 0 spiro atoms. The lowest BCUT2D eigenvalue weighted by atomic mass is 10.1. The van der Waals surface area contributed by atoms with E-state index in [1.165, 1.54) is 5.56 Å². The summed E-state index contributed by atoms with van der Waals surface area (Å²) in [7, 11) is 0. The summed E-state index contributed by atoms with van der Waals surface area (Å²) >= 11 is 0. The van der Waals surface area contributed by atoms with Crippen molar-refractivity contribution < 1.29 is 9.53 Å². The molecule has 19 heavy (non-hydrogen) atoms. The van der Waals surface area contributed by atoms with Crippen molar-refractivity contribution in [2.24, 2.45) is 0 Å². The molecule has 1 heterocycles. The van der Waals surface area contributed by atoms with Crippen molar-refractivity contribution in [1.29, 1.82) is 0 Å². The maximum absolute atomic E-state index is 12.2. The first-order valence-electron chi connectivity index (χ1n) is 6.31. The van der Waals surface area contributed by atoms with Crippen LogP contribution >= 0.6 is 12.4 Å². The number of carbonyl (C=O) groups excluding carboxylic acids is 1. The zero-order valence-electron chi connectivity index (χ0n) is 11.5. The van der Waals surface area contributed by atoms with E-state index >= 15 is 0 Å². The molecule has 1 aliphatic heterocycles. The van der Waals surface area contributed by atoms with Crippen molar-refractivity contribution >= 4 is 24.0 Å². The van der Waals surface area contributed by atoms with Crippen molar-refractivity contribution in [1.82, 2.24) is 5.32 Å². The van der Waals surface area contributed by atoms with Crippen LogP contribution in [0.5, 0.6) is 0 Å². The largest absolute Gasteiger partial charge is 0.375 e. The molecule has 0 saturated carbocycles. The van der Waals surface area contributed by atoms with Gasteiger partial charge in [0.2, 0.25) is 5.91 Å². The fourth-order valence-electron chi connectivity index (χ4n) is 2.12. The van der Waals surface area contributed by atoms with Crippen molar-refractivity contribution in [3.8, 4) is 0 Å². The monoisotopic (exact) mass is 284 g/mol. The first-order chi connectivity index (χ1) is 8.59. The molecule has 0 unspecified atom stereocenters. The van der Waals surface area contributed by atoms with Crippen LogP contribution in [0.15, 0.2) is 18.2 Å². The highest BCUT2D eigenvalue weighted by atomic mass is 35.5. The zero-order valence-corrected chi connectivity index (χ0v) is 12.3. The lowest BCUT2D eigenvalue weighted by Crippen LogP contribution is -2.53. The lowest BCUT2D eigenvalue weighted by molar-refractivity contribution is -0.123. The molecule has 0 radical (unpaired) electrons. The molecule has 1 fully saturated rings. The zero-order chi connectivity index (χ0) is 13.1. The Bertz CT molecular complexity index is 451. The summed E-state index contributed by atoms with van der Waals surface area (Å²) in [6.45, 7) is 7.35. The number of nitrogens with one attached hydrogen (secondary N) is 2. The van der Waals surface area contributed by atoms with Crippen LogP contribution in [-0.4, -0.2) is 31.2 Å². The van der Waals surface area contributed by atoms with Gasteiger partial charge in [-0.2, -0.15) is 0 Å². The van der Waals surface area contributed by atoms with Gasteiger partial charge in [-0.05, 0) is 38.0 Å². The number of aryl methyl sites for hydroxylation is 1. The standard InChI is InChI=1S/C14H20N2O2.ClH/c1-9-5-4-6-12(10(9)2)16-14(17)13-11(3)18-8-7-15-13;/h4-6,11,13,15H,7-8H2,1-3H3,(H,16,17);1H/t11-,13+;/m1./s1. The van der Waals surface area contributed by atoms with Gasteiger partial charge in [-0.15, -0.1) is 12.4 Å². The molecule has 1 aromatic rings. The first-order valence-corrected chi connectivity index (χ1v) is 6.31. The number of hydrogen-bond donors (Lipinski definition) is 2. The Labute approximate surface area is 120 Å². The average Bonchev–Trinajstić information content (AvgIpc) is 2.35. The third kappa shape index (κ3) is 3.69. The maximum atomic E-state index is 12.2. The second-order valence-corrected chi connectivity index (χ2v) is 4.74. The number of rotatable bonds is 2. The molecular formula is C14H21ClN2O2. The SMILES string of the molecule is Cc1cccc(NC(=O)[C@H]2NCCO[C@@H]2C)c1C.Cl. The van der Waals surface area contributed by atoms with E-state index in [4.69, 9.17) is 4.74 Å². The van der Waals surface area contributed by atoms with Crippen LogP contribution in [0, 0.1) is 13.8 Å². The summed E-state index contributed by atoms with van der Waals surface area (Å²) in [4.78, 5) is 12.2. The molecule has 0 aliphatic carbocycles. The summed E-state index contributed by atoms with van der Waals surface area (Å²) in [6.07, 6.45) is -0.0936. The van der Waals surface area contributed by atoms with Crippen LogP contribution in [0.4, 0.5) is 5.69 Å². The molecule has 2 N–H and O–H groups in total. The minimum atomic E-state index is -0.279. The molecule has 1 saturated heterocycles. The molecule has 1 amide bonds. The third-order valence-electron chi connectivity index (χ3n) is 3.46. The first kappa shape index (κ1) is 16.0. The molecule has 0 aromatic heterocycles. The Morgan fingerprint density at radius 2 is 2.16 bits per heavy atom. The fraction of sp³-hybridized carbons (Fsp3) is 0.500. The van der Waals surface area contributed by atoms with E-state index in [9.17, 15) is 4.79 Å². The highest BCUT2D eigenvalue weighted by Gasteiger charge is 2.28. The molecule has 5 heteroatoms. The summed E-state index contributed by atoms with van der Waals surface area (Å²) in [5.41, 5.74) is 3.16. The van der Waals surface area contributed by atoms with Crippen LogP contribution in [-0.2, 0) is 9.53 Å². The highest BCUT2D eigenvalue weighted by Crippen LogP contribution is 2.18. The van der Waals surface area contributed by atoms with Crippen LogP contribution in [0.2, 0.25) is 0 Å². The number of amides is 1. The van der Waals surface area contributed by atoms with Gasteiger partial charge in [-0.25, -0.2) is 0 Å². The Kier molecular flexibility index (Phi) is 5.79. The number of ether oxygens (including phenoxy) is 1. The van der Waals surface area contributed by atoms with Crippen molar-refractivity contribution in [2.45, 2.75) is 32.9 Å². The van der Waals surface area contributed by atoms with E-state index in [2.05, 4.69) is 10.6 Å². The molecule has 106 valence electrons. The fourth-order valence-corrected chi connectivity index (χ4v) is 2.12. The summed E-state index contributed by atoms with van der Waals surface area (Å²) in [5, 5.41) is 6.16. The van der Waals surface area contributed by atoms with Crippen molar-refractivity contribution in [3.05, 3.63) is 29.3 Å². The third-order valence-corrected chi connectivity index (χ3v) is 3.46. The number of benzene rings is 1. The normalized spacial score (nSPS) is 22.5. The number of carbonyl (C=O) groups is 1. The van der Waals surface area contributed by atoms with E-state index in [0.29, 0.717) is 6.61 Å². The minimum Gasteiger partial charge on any atom is -0.375 e. The predicted octanol–water partition coefficient (Wildman–Crippen LogP) is 2.04. The van der Waals surface area contributed by atoms with E-state index in [1.54, 1.807) is 0 Å².